The van der Waals surface area contributed by atoms with Crippen LogP contribution in [0, 0.1) is 0 Å². The van der Waals surface area contributed by atoms with E-state index in [0.717, 1.165) is 18.5 Å². The smallest absolute Gasteiger partial charge is 0.316 e. The van der Waals surface area contributed by atoms with Gasteiger partial charge in [0.1, 0.15) is 0 Å². The number of halogens is 1. The van der Waals surface area contributed by atoms with E-state index in [0.29, 0.717) is 17.3 Å². The highest BCUT2D eigenvalue weighted by Gasteiger charge is 2.17. The molecule has 0 unspecified atom stereocenters. The Morgan fingerprint density at radius 3 is 3.08 bits per heavy atom. The topological polar surface area (TPSA) is 98.7 Å². The number of hydrogen-bond donors (Lipinski definition) is 1. The maximum Gasteiger partial charge on any atom is 0.316 e. The van der Waals surface area contributed by atoms with Crippen LogP contribution in [-0.2, 0) is 0 Å². The van der Waals surface area contributed by atoms with Gasteiger partial charge in [-0.3, -0.25) is 4.79 Å². The normalized spacial score (nSPS) is 10.8. The van der Waals surface area contributed by atoms with Crippen LogP contribution < -0.4 is 5.32 Å². The summed E-state index contributed by atoms with van der Waals surface area (Å²) in [5, 5.41) is 15.1. The maximum absolute atomic E-state index is 11.9. The summed E-state index contributed by atoms with van der Waals surface area (Å²) < 4.78 is 6.51. The van der Waals surface area contributed by atoms with E-state index in [4.69, 9.17) is 16.1 Å². The molecule has 0 aliphatic rings. The van der Waals surface area contributed by atoms with Crippen molar-refractivity contribution in [2.75, 3.05) is 6.54 Å². The molecule has 2 heterocycles. The van der Waals surface area contributed by atoms with Crippen LogP contribution in [0.4, 0.5) is 0 Å². The molecule has 3 rings (SSSR count). The van der Waals surface area contributed by atoms with Crippen LogP contribution in [0.5, 0.6) is 0 Å². The molecule has 1 N–H and O–H groups in total. The van der Waals surface area contributed by atoms with Crippen LogP contribution in [0.3, 0.4) is 0 Å². The Morgan fingerprint density at radius 1 is 1.42 bits per heavy atom. The third-order valence-corrected chi connectivity index (χ3v) is 3.47. The van der Waals surface area contributed by atoms with Crippen molar-refractivity contribution in [2.24, 2.45) is 0 Å². The van der Waals surface area contributed by atoms with Gasteiger partial charge in [0, 0.05) is 11.6 Å². The molecule has 0 fully saturated rings. The minimum atomic E-state index is -0.399. The van der Waals surface area contributed by atoms with Crippen molar-refractivity contribution in [1.29, 1.82) is 0 Å². The Balaban J connectivity index is 1.75. The molecule has 1 aromatic carbocycles. The van der Waals surface area contributed by atoms with Gasteiger partial charge in [-0.15, -0.1) is 5.10 Å². The number of nitrogens with zero attached hydrogens (tertiary/aromatic N) is 5. The van der Waals surface area contributed by atoms with E-state index in [2.05, 4.69) is 25.8 Å². The minimum Gasteiger partial charge on any atom is -0.348 e. The molecule has 3 aromatic rings. The van der Waals surface area contributed by atoms with E-state index < -0.39 is 5.91 Å². The van der Waals surface area contributed by atoms with Crippen LogP contribution in [0.2, 0.25) is 5.02 Å². The Kier molecular flexibility index (Phi) is 4.85. The number of amides is 1. The zero-order valence-corrected chi connectivity index (χ0v) is 13.7. The number of unbranched alkanes of at least 4 members (excludes halogenated alkanes) is 1. The van der Waals surface area contributed by atoms with E-state index in [1.165, 1.54) is 0 Å². The van der Waals surface area contributed by atoms with Crippen molar-refractivity contribution in [1.82, 2.24) is 30.5 Å². The summed E-state index contributed by atoms with van der Waals surface area (Å²) in [6.45, 7) is 2.61. The van der Waals surface area contributed by atoms with Crippen molar-refractivity contribution in [2.45, 2.75) is 19.8 Å². The van der Waals surface area contributed by atoms with E-state index in [-0.39, 0.29) is 11.7 Å². The van der Waals surface area contributed by atoms with Crippen molar-refractivity contribution in [3.8, 4) is 17.2 Å². The first-order valence-electron chi connectivity index (χ1n) is 7.48. The predicted molar refractivity (Wildman–Crippen MR) is 86.9 cm³/mol. The summed E-state index contributed by atoms with van der Waals surface area (Å²) in [7, 11) is 0. The lowest BCUT2D eigenvalue weighted by Crippen LogP contribution is -2.24. The van der Waals surface area contributed by atoms with E-state index in [1.54, 1.807) is 23.0 Å². The summed E-state index contributed by atoms with van der Waals surface area (Å²) >= 11 is 5.96. The van der Waals surface area contributed by atoms with Crippen LogP contribution in [0.1, 0.15) is 30.5 Å². The van der Waals surface area contributed by atoms with Gasteiger partial charge in [-0.05, 0) is 24.6 Å². The number of carbonyl (C=O) groups excluding carboxylic acids is 1. The van der Waals surface area contributed by atoms with Crippen LogP contribution in [-0.4, -0.2) is 37.6 Å². The highest BCUT2D eigenvalue weighted by molar-refractivity contribution is 6.30. The van der Waals surface area contributed by atoms with Gasteiger partial charge in [-0.25, -0.2) is 4.68 Å². The molecule has 2 aromatic heterocycles. The van der Waals surface area contributed by atoms with E-state index >= 15 is 0 Å². The van der Waals surface area contributed by atoms with Gasteiger partial charge < -0.3 is 9.84 Å². The Bertz CT molecular complexity index is 844. The minimum absolute atomic E-state index is 0.0987. The van der Waals surface area contributed by atoms with Gasteiger partial charge in [0.25, 0.3) is 0 Å². The third-order valence-electron chi connectivity index (χ3n) is 3.23. The molecule has 0 bridgehead atoms. The van der Waals surface area contributed by atoms with Gasteiger partial charge in [0.15, 0.2) is 5.69 Å². The quantitative estimate of drug-likeness (QED) is 0.688. The Labute approximate surface area is 142 Å². The first-order chi connectivity index (χ1) is 11.7. The lowest BCUT2D eigenvalue weighted by molar-refractivity contribution is 0.0909. The molecule has 0 spiro atoms. The number of nitrogens with one attached hydrogen (secondary N) is 1. The second kappa shape index (κ2) is 7.22. The molecule has 24 heavy (non-hydrogen) atoms. The fraction of sp³-hybridized carbons (Fsp3) is 0.267. The summed E-state index contributed by atoms with van der Waals surface area (Å²) in [5.74, 6) is -0.299. The second-order valence-electron chi connectivity index (χ2n) is 5.06. The molecule has 8 nitrogen and oxygen atoms in total. The zero-order chi connectivity index (χ0) is 16.9. The first kappa shape index (κ1) is 16.1. The molecule has 1 amide bonds. The van der Waals surface area contributed by atoms with Crippen LogP contribution >= 0.6 is 11.6 Å². The number of aromatic nitrogens is 5. The fourth-order valence-corrected chi connectivity index (χ4v) is 2.17. The molecule has 0 saturated carbocycles. The van der Waals surface area contributed by atoms with Gasteiger partial charge in [-0.2, -0.15) is 4.98 Å². The lowest BCUT2D eigenvalue weighted by Gasteiger charge is -1.98. The number of carbonyl (C=O) groups is 1. The van der Waals surface area contributed by atoms with Gasteiger partial charge in [0.2, 0.25) is 5.82 Å². The predicted octanol–water partition coefficient (Wildman–Crippen LogP) is 2.50. The van der Waals surface area contributed by atoms with Crippen molar-refractivity contribution < 1.29 is 9.32 Å². The molecule has 0 radical (unpaired) electrons. The van der Waals surface area contributed by atoms with Crippen LogP contribution in [0.25, 0.3) is 17.2 Å². The highest BCUT2D eigenvalue weighted by atomic mass is 35.5. The van der Waals surface area contributed by atoms with Crippen molar-refractivity contribution >= 4 is 17.5 Å². The molecular formula is C15H15ClN6O2. The molecule has 124 valence electrons. The SMILES string of the molecule is CCCCNC(=O)c1nc(-c2cn(-c3cccc(Cl)c3)nn2)no1. The molecular weight excluding hydrogens is 332 g/mol. The summed E-state index contributed by atoms with van der Waals surface area (Å²) in [6, 6.07) is 7.17. The van der Waals surface area contributed by atoms with Crippen molar-refractivity contribution in [3.05, 3.63) is 41.4 Å². The number of hydrogen-bond acceptors (Lipinski definition) is 6. The van der Waals surface area contributed by atoms with E-state index in [9.17, 15) is 4.79 Å². The molecule has 0 atom stereocenters. The molecule has 0 saturated heterocycles. The monoisotopic (exact) mass is 346 g/mol. The molecule has 0 aliphatic carbocycles. The zero-order valence-electron chi connectivity index (χ0n) is 12.9. The van der Waals surface area contributed by atoms with E-state index in [1.807, 2.05) is 19.1 Å². The Hall–Kier alpha value is -2.74. The molecule has 0 aliphatic heterocycles. The first-order valence-corrected chi connectivity index (χ1v) is 7.85. The lowest BCUT2D eigenvalue weighted by atomic mass is 10.3. The Morgan fingerprint density at radius 2 is 2.29 bits per heavy atom. The van der Waals surface area contributed by atoms with Gasteiger partial charge in [0.05, 0.1) is 11.9 Å². The average molecular weight is 347 g/mol. The molecule has 9 heteroatoms. The third kappa shape index (κ3) is 3.60. The van der Waals surface area contributed by atoms with Crippen LogP contribution in [0.15, 0.2) is 35.0 Å². The summed E-state index contributed by atoms with van der Waals surface area (Å²) in [4.78, 5) is 15.9. The average Bonchev–Trinajstić information content (AvgIpc) is 3.24. The fourth-order valence-electron chi connectivity index (χ4n) is 1.99. The number of rotatable bonds is 6. The van der Waals surface area contributed by atoms with Crippen molar-refractivity contribution in [3.63, 3.8) is 0 Å². The number of benzene rings is 1. The highest BCUT2D eigenvalue weighted by Crippen LogP contribution is 2.17. The largest absolute Gasteiger partial charge is 0.348 e. The summed E-state index contributed by atoms with van der Waals surface area (Å²) in [6.07, 6.45) is 3.51. The summed E-state index contributed by atoms with van der Waals surface area (Å²) in [5.41, 5.74) is 1.15. The van der Waals surface area contributed by atoms with Gasteiger partial charge >= 0.3 is 11.8 Å². The second-order valence-corrected chi connectivity index (χ2v) is 5.50. The standard InChI is InChI=1S/C15H15ClN6O2/c1-2-3-7-17-14(23)15-18-13(20-24-15)12-9-22(21-19-12)11-6-4-5-10(16)8-11/h4-6,8-9H,2-3,7H2,1H3,(H,17,23). The van der Waals surface area contributed by atoms with Gasteiger partial charge in [-0.1, -0.05) is 41.4 Å². The maximum atomic E-state index is 11.9.